The zero-order valence-electron chi connectivity index (χ0n) is 15.7. The summed E-state index contributed by atoms with van der Waals surface area (Å²) < 4.78 is 10.6. The van der Waals surface area contributed by atoms with Crippen LogP contribution in [0.5, 0.6) is 0 Å². The first-order chi connectivity index (χ1) is 13.9. The maximum Gasteiger partial charge on any atom is 0.338 e. The number of methoxy groups -OCH3 is 1. The second kappa shape index (κ2) is 8.23. The Hall–Kier alpha value is -4.18. The van der Waals surface area contributed by atoms with Crippen LogP contribution in [0.4, 0.5) is 5.69 Å². The number of allylic oxidation sites excluding steroid dienone is 1. The lowest BCUT2D eigenvalue weighted by Crippen LogP contribution is -2.04. The molecule has 0 aliphatic carbocycles. The van der Waals surface area contributed by atoms with E-state index in [0.29, 0.717) is 28.2 Å². The first kappa shape index (κ1) is 19.6. The second-order valence-electron chi connectivity index (χ2n) is 6.15. The number of carbonyl (C=O) groups is 1. The Kier molecular flexibility index (Phi) is 5.56. The minimum absolute atomic E-state index is 0.0488. The molecule has 2 aromatic carbocycles. The van der Waals surface area contributed by atoms with Crippen molar-refractivity contribution in [3.8, 4) is 17.4 Å². The zero-order valence-corrected chi connectivity index (χ0v) is 15.7. The molecule has 0 saturated carbocycles. The van der Waals surface area contributed by atoms with Gasteiger partial charge < -0.3 is 9.15 Å². The third-order valence-electron chi connectivity index (χ3n) is 4.43. The molecule has 0 atom stereocenters. The summed E-state index contributed by atoms with van der Waals surface area (Å²) in [6.45, 7) is 1.80. The number of furan rings is 1. The SMILES string of the molecule is COC(=O)c1cccc(-c2ccc(/C=C(/C#N)c3ccc([N+](=O)[O-])cc3)o2)c1C. The normalized spacial score (nSPS) is 11.0. The number of hydrogen-bond acceptors (Lipinski definition) is 6. The Balaban J connectivity index is 1.94. The molecule has 0 unspecified atom stereocenters. The van der Waals surface area contributed by atoms with Gasteiger partial charge in [-0.2, -0.15) is 5.26 Å². The number of hydrogen-bond donors (Lipinski definition) is 0. The highest BCUT2D eigenvalue weighted by atomic mass is 16.6. The summed E-state index contributed by atoms with van der Waals surface area (Å²) in [6, 6.07) is 16.5. The van der Waals surface area contributed by atoms with E-state index in [1.165, 1.54) is 31.4 Å². The highest BCUT2D eigenvalue weighted by Gasteiger charge is 2.15. The smallest absolute Gasteiger partial charge is 0.338 e. The van der Waals surface area contributed by atoms with Crippen LogP contribution in [0.25, 0.3) is 23.0 Å². The molecule has 0 amide bonds. The summed E-state index contributed by atoms with van der Waals surface area (Å²) in [6.07, 6.45) is 1.56. The van der Waals surface area contributed by atoms with Crippen LogP contribution in [0.1, 0.15) is 27.2 Å². The number of carbonyl (C=O) groups excluding carboxylic acids is 1. The molecule has 0 radical (unpaired) electrons. The van der Waals surface area contributed by atoms with Crippen molar-refractivity contribution in [2.45, 2.75) is 6.92 Å². The number of ether oxygens (including phenoxy) is 1. The number of rotatable bonds is 5. The van der Waals surface area contributed by atoms with Gasteiger partial charge in [0.1, 0.15) is 11.5 Å². The van der Waals surface area contributed by atoms with Gasteiger partial charge >= 0.3 is 5.97 Å². The molecule has 144 valence electrons. The van der Waals surface area contributed by atoms with E-state index in [1.54, 1.807) is 37.3 Å². The van der Waals surface area contributed by atoms with Gasteiger partial charge in [-0.3, -0.25) is 10.1 Å². The van der Waals surface area contributed by atoms with E-state index in [1.807, 2.05) is 6.07 Å². The van der Waals surface area contributed by atoms with Crippen LogP contribution in [0.15, 0.2) is 59.0 Å². The molecule has 0 fully saturated rings. The van der Waals surface area contributed by atoms with Crippen LogP contribution < -0.4 is 0 Å². The summed E-state index contributed by atoms with van der Waals surface area (Å²) in [4.78, 5) is 22.2. The Morgan fingerprint density at radius 3 is 2.52 bits per heavy atom. The van der Waals surface area contributed by atoms with Gasteiger partial charge in [-0.05, 0) is 54.5 Å². The maximum absolute atomic E-state index is 11.9. The van der Waals surface area contributed by atoms with Crippen molar-refractivity contribution in [3.63, 3.8) is 0 Å². The Morgan fingerprint density at radius 1 is 1.17 bits per heavy atom. The average Bonchev–Trinajstić information content (AvgIpc) is 3.20. The number of non-ortho nitro benzene ring substituents is 1. The van der Waals surface area contributed by atoms with E-state index >= 15 is 0 Å². The largest absolute Gasteiger partial charge is 0.465 e. The van der Waals surface area contributed by atoms with Gasteiger partial charge in [0, 0.05) is 17.7 Å². The first-order valence-corrected chi connectivity index (χ1v) is 8.59. The lowest BCUT2D eigenvalue weighted by atomic mass is 10.0. The van der Waals surface area contributed by atoms with Crippen LogP contribution in [0.2, 0.25) is 0 Å². The van der Waals surface area contributed by atoms with Gasteiger partial charge in [-0.1, -0.05) is 12.1 Å². The van der Waals surface area contributed by atoms with E-state index < -0.39 is 10.9 Å². The Labute approximate surface area is 166 Å². The second-order valence-corrected chi connectivity index (χ2v) is 6.15. The summed E-state index contributed by atoms with van der Waals surface area (Å²) in [5.74, 6) is 0.555. The number of esters is 1. The molecule has 0 bridgehead atoms. The fourth-order valence-corrected chi connectivity index (χ4v) is 2.89. The van der Waals surface area contributed by atoms with Gasteiger partial charge in [0.15, 0.2) is 0 Å². The molecular formula is C22H16N2O5. The van der Waals surface area contributed by atoms with Crippen LogP contribution in [0.3, 0.4) is 0 Å². The summed E-state index contributed by atoms with van der Waals surface area (Å²) in [7, 11) is 1.33. The zero-order chi connectivity index (χ0) is 21.0. The van der Waals surface area contributed by atoms with Gasteiger partial charge in [-0.25, -0.2) is 4.79 Å². The Bertz CT molecular complexity index is 1150. The number of nitro benzene ring substituents is 1. The predicted octanol–water partition coefficient (Wildman–Crippen LogP) is 5.01. The van der Waals surface area contributed by atoms with E-state index in [2.05, 4.69) is 6.07 Å². The molecular weight excluding hydrogens is 372 g/mol. The molecule has 0 N–H and O–H groups in total. The van der Waals surface area contributed by atoms with Gasteiger partial charge in [0.05, 0.1) is 29.2 Å². The van der Waals surface area contributed by atoms with Crippen molar-refractivity contribution in [1.29, 1.82) is 5.26 Å². The van der Waals surface area contributed by atoms with Crippen molar-refractivity contribution in [3.05, 3.63) is 87.2 Å². The summed E-state index contributed by atoms with van der Waals surface area (Å²) >= 11 is 0. The predicted molar refractivity (Wildman–Crippen MR) is 107 cm³/mol. The fourth-order valence-electron chi connectivity index (χ4n) is 2.89. The molecule has 3 aromatic rings. The highest BCUT2D eigenvalue weighted by molar-refractivity contribution is 5.93. The average molecular weight is 388 g/mol. The van der Waals surface area contributed by atoms with Gasteiger partial charge in [0.2, 0.25) is 0 Å². The summed E-state index contributed by atoms with van der Waals surface area (Å²) in [5.41, 5.74) is 2.71. The van der Waals surface area contributed by atoms with Crippen LogP contribution in [-0.2, 0) is 4.74 Å². The monoisotopic (exact) mass is 388 g/mol. The number of nitro groups is 1. The standard InChI is InChI=1S/C22H16N2O5/c1-14-19(4-3-5-20(14)22(25)28-2)21-11-10-18(29-21)12-16(13-23)15-6-8-17(9-7-15)24(26)27/h3-12H,1-2H3/b16-12-. The third-order valence-corrected chi connectivity index (χ3v) is 4.43. The van der Waals surface area contributed by atoms with E-state index in [9.17, 15) is 20.2 Å². The van der Waals surface area contributed by atoms with Crippen molar-refractivity contribution in [2.24, 2.45) is 0 Å². The Morgan fingerprint density at radius 2 is 1.90 bits per heavy atom. The van der Waals surface area contributed by atoms with Crippen LogP contribution in [0, 0.1) is 28.4 Å². The van der Waals surface area contributed by atoms with Crippen molar-refractivity contribution < 1.29 is 18.9 Å². The van der Waals surface area contributed by atoms with Crippen LogP contribution >= 0.6 is 0 Å². The first-order valence-electron chi connectivity index (χ1n) is 8.59. The molecule has 7 heteroatoms. The molecule has 0 aliphatic rings. The van der Waals surface area contributed by atoms with Gasteiger partial charge in [0.25, 0.3) is 5.69 Å². The molecule has 0 aliphatic heterocycles. The molecule has 3 rings (SSSR count). The molecule has 29 heavy (non-hydrogen) atoms. The number of benzene rings is 2. The van der Waals surface area contributed by atoms with Crippen LogP contribution in [-0.4, -0.2) is 18.0 Å². The highest BCUT2D eigenvalue weighted by Crippen LogP contribution is 2.29. The minimum atomic E-state index is -0.497. The van der Waals surface area contributed by atoms with E-state index in [0.717, 1.165) is 11.1 Å². The molecule has 1 aromatic heterocycles. The lowest BCUT2D eigenvalue weighted by molar-refractivity contribution is -0.384. The molecule has 0 saturated heterocycles. The molecule has 7 nitrogen and oxygen atoms in total. The fraction of sp³-hybridized carbons (Fsp3) is 0.0909. The van der Waals surface area contributed by atoms with Crippen molar-refractivity contribution in [2.75, 3.05) is 7.11 Å². The third kappa shape index (κ3) is 4.06. The van der Waals surface area contributed by atoms with E-state index in [4.69, 9.17) is 9.15 Å². The minimum Gasteiger partial charge on any atom is -0.465 e. The van der Waals surface area contributed by atoms with Crippen molar-refractivity contribution >= 4 is 23.3 Å². The van der Waals surface area contributed by atoms with E-state index in [-0.39, 0.29) is 5.69 Å². The topological polar surface area (TPSA) is 106 Å². The molecule has 1 heterocycles. The van der Waals surface area contributed by atoms with Crippen molar-refractivity contribution in [1.82, 2.24) is 0 Å². The number of nitrogens with zero attached hydrogens (tertiary/aromatic N) is 2. The van der Waals surface area contributed by atoms with Gasteiger partial charge in [-0.15, -0.1) is 0 Å². The number of nitriles is 1. The summed E-state index contributed by atoms with van der Waals surface area (Å²) in [5, 5.41) is 20.2. The maximum atomic E-state index is 11.9. The lowest BCUT2D eigenvalue weighted by Gasteiger charge is -2.07. The quantitative estimate of drug-likeness (QED) is 0.263. The molecule has 0 spiro atoms.